The van der Waals surface area contributed by atoms with Crippen molar-refractivity contribution in [3.8, 4) is 0 Å². The van der Waals surface area contributed by atoms with E-state index in [1.807, 2.05) is 12.1 Å². The Kier molecular flexibility index (Phi) is 5.48. The Morgan fingerprint density at radius 1 is 1.50 bits per heavy atom. The van der Waals surface area contributed by atoms with Crippen molar-refractivity contribution in [3.05, 3.63) is 34.3 Å². The fourth-order valence-electron chi connectivity index (χ4n) is 2.07. The summed E-state index contributed by atoms with van der Waals surface area (Å²) in [5.41, 5.74) is 0.584. The van der Waals surface area contributed by atoms with Gasteiger partial charge in [-0.2, -0.15) is 11.8 Å². The van der Waals surface area contributed by atoms with Crippen molar-refractivity contribution in [2.45, 2.75) is 13.0 Å². The number of thioether (sulfide) groups is 1. The predicted octanol–water partition coefficient (Wildman–Crippen LogP) is 2.57. The summed E-state index contributed by atoms with van der Waals surface area (Å²) in [6.07, 6.45) is 0. The highest BCUT2D eigenvalue weighted by Gasteiger charge is 2.34. The van der Waals surface area contributed by atoms with E-state index in [1.165, 1.54) is 0 Å². The van der Waals surface area contributed by atoms with Gasteiger partial charge in [-0.15, -0.1) is 0 Å². The molecule has 1 atom stereocenters. The first-order valence-corrected chi connectivity index (χ1v) is 8.39. The number of halogens is 1. The third kappa shape index (κ3) is 3.55. The molecule has 20 heavy (non-hydrogen) atoms. The molecule has 6 heteroatoms. The van der Waals surface area contributed by atoms with E-state index in [2.05, 4.69) is 15.9 Å². The van der Waals surface area contributed by atoms with Crippen molar-refractivity contribution in [1.82, 2.24) is 4.90 Å². The molecule has 0 aromatic heterocycles. The Morgan fingerprint density at radius 3 is 3.00 bits per heavy atom. The van der Waals surface area contributed by atoms with Gasteiger partial charge in [-0.3, -0.25) is 4.79 Å². The molecule has 1 aliphatic heterocycles. The average molecular weight is 358 g/mol. The van der Waals surface area contributed by atoms with Gasteiger partial charge in [0.1, 0.15) is 6.04 Å². The molecule has 1 unspecified atom stereocenters. The van der Waals surface area contributed by atoms with E-state index < -0.39 is 6.04 Å². The van der Waals surface area contributed by atoms with Crippen LogP contribution in [-0.4, -0.2) is 47.5 Å². The van der Waals surface area contributed by atoms with Crippen LogP contribution in [0.25, 0.3) is 0 Å². The van der Waals surface area contributed by atoms with Gasteiger partial charge in [0, 0.05) is 28.1 Å². The second-order valence-electron chi connectivity index (χ2n) is 4.35. The number of benzene rings is 1. The lowest BCUT2D eigenvalue weighted by Gasteiger charge is -2.33. The molecule has 1 aromatic rings. The van der Waals surface area contributed by atoms with Gasteiger partial charge in [-0.25, -0.2) is 4.79 Å². The van der Waals surface area contributed by atoms with Gasteiger partial charge in [0.05, 0.1) is 6.61 Å². The molecular formula is C14H16BrNO3S. The number of hydrogen-bond acceptors (Lipinski definition) is 4. The molecule has 0 aliphatic carbocycles. The van der Waals surface area contributed by atoms with Crippen molar-refractivity contribution in [2.24, 2.45) is 0 Å². The summed E-state index contributed by atoms with van der Waals surface area (Å²) in [7, 11) is 0. The number of rotatable bonds is 3. The van der Waals surface area contributed by atoms with Crippen LogP contribution in [0.15, 0.2) is 28.7 Å². The van der Waals surface area contributed by atoms with Gasteiger partial charge in [-0.05, 0) is 25.1 Å². The monoisotopic (exact) mass is 357 g/mol. The normalized spacial score (nSPS) is 18.7. The zero-order valence-corrected chi connectivity index (χ0v) is 13.6. The first-order valence-electron chi connectivity index (χ1n) is 6.44. The SMILES string of the molecule is CCOC(=O)C1CSCCN1C(=O)c1cccc(Br)c1. The minimum absolute atomic E-state index is 0.121. The van der Waals surface area contributed by atoms with Gasteiger partial charge in [0.15, 0.2) is 0 Å². The molecule has 108 valence electrons. The van der Waals surface area contributed by atoms with Crippen LogP contribution < -0.4 is 0 Å². The quantitative estimate of drug-likeness (QED) is 0.780. The molecule has 1 aliphatic rings. The number of esters is 1. The predicted molar refractivity (Wildman–Crippen MR) is 82.9 cm³/mol. The van der Waals surface area contributed by atoms with Crippen molar-refractivity contribution >= 4 is 39.6 Å². The minimum Gasteiger partial charge on any atom is -0.464 e. The molecule has 0 bridgehead atoms. The van der Waals surface area contributed by atoms with Gasteiger partial charge in [-0.1, -0.05) is 22.0 Å². The van der Waals surface area contributed by atoms with Crippen LogP contribution >= 0.6 is 27.7 Å². The van der Waals surface area contributed by atoms with E-state index in [1.54, 1.807) is 35.7 Å². The van der Waals surface area contributed by atoms with Crippen LogP contribution in [0.1, 0.15) is 17.3 Å². The van der Waals surface area contributed by atoms with E-state index in [4.69, 9.17) is 4.74 Å². The molecule has 0 spiro atoms. The second-order valence-corrected chi connectivity index (χ2v) is 6.42. The number of carbonyl (C=O) groups is 2. The van der Waals surface area contributed by atoms with Crippen LogP contribution in [0.5, 0.6) is 0 Å². The highest BCUT2D eigenvalue weighted by Crippen LogP contribution is 2.21. The highest BCUT2D eigenvalue weighted by molar-refractivity contribution is 9.10. The Bertz CT molecular complexity index is 509. The maximum Gasteiger partial charge on any atom is 0.329 e. The molecule has 1 aromatic carbocycles. The van der Waals surface area contributed by atoms with Crippen LogP contribution in [0.4, 0.5) is 0 Å². The lowest BCUT2D eigenvalue weighted by atomic mass is 10.1. The minimum atomic E-state index is -0.486. The highest BCUT2D eigenvalue weighted by atomic mass is 79.9. The molecule has 1 saturated heterocycles. The molecule has 1 amide bonds. The van der Waals surface area contributed by atoms with E-state index in [0.717, 1.165) is 10.2 Å². The molecule has 1 heterocycles. The third-order valence-electron chi connectivity index (χ3n) is 3.02. The Labute approximate surface area is 131 Å². The molecule has 0 N–H and O–H groups in total. The van der Waals surface area contributed by atoms with Gasteiger partial charge in [0.2, 0.25) is 0 Å². The standard InChI is InChI=1S/C14H16BrNO3S/c1-2-19-14(18)12-9-20-7-6-16(12)13(17)10-4-3-5-11(15)8-10/h3-5,8,12H,2,6-7,9H2,1H3. The molecule has 1 fully saturated rings. The summed E-state index contributed by atoms with van der Waals surface area (Å²) in [5, 5.41) is 0. The number of hydrogen-bond donors (Lipinski definition) is 0. The van der Waals surface area contributed by atoms with Gasteiger partial charge >= 0.3 is 5.97 Å². The van der Waals surface area contributed by atoms with E-state index in [0.29, 0.717) is 24.5 Å². The maximum atomic E-state index is 12.6. The largest absolute Gasteiger partial charge is 0.464 e. The summed E-state index contributed by atoms with van der Waals surface area (Å²) in [4.78, 5) is 26.2. The number of nitrogens with zero attached hydrogens (tertiary/aromatic N) is 1. The fraction of sp³-hybridized carbons (Fsp3) is 0.429. The number of carbonyl (C=O) groups excluding carboxylic acids is 2. The lowest BCUT2D eigenvalue weighted by molar-refractivity contribution is -0.147. The zero-order chi connectivity index (χ0) is 14.5. The van der Waals surface area contributed by atoms with Crippen molar-refractivity contribution in [1.29, 1.82) is 0 Å². The zero-order valence-electron chi connectivity index (χ0n) is 11.2. The average Bonchev–Trinajstić information content (AvgIpc) is 2.47. The smallest absolute Gasteiger partial charge is 0.329 e. The Morgan fingerprint density at radius 2 is 2.30 bits per heavy atom. The third-order valence-corrected chi connectivity index (χ3v) is 4.54. The summed E-state index contributed by atoms with van der Waals surface area (Å²) in [6, 6.07) is 6.73. The van der Waals surface area contributed by atoms with Gasteiger partial charge in [0.25, 0.3) is 5.91 Å². The van der Waals surface area contributed by atoms with E-state index >= 15 is 0 Å². The molecule has 0 saturated carbocycles. The van der Waals surface area contributed by atoms with E-state index in [-0.39, 0.29) is 11.9 Å². The van der Waals surface area contributed by atoms with Crippen LogP contribution in [0, 0.1) is 0 Å². The van der Waals surface area contributed by atoms with E-state index in [9.17, 15) is 9.59 Å². The summed E-state index contributed by atoms with van der Waals surface area (Å²) >= 11 is 5.03. The Balaban J connectivity index is 2.19. The van der Waals surface area contributed by atoms with Gasteiger partial charge < -0.3 is 9.64 Å². The molecule has 0 radical (unpaired) electrons. The maximum absolute atomic E-state index is 12.6. The molecule has 4 nitrogen and oxygen atoms in total. The summed E-state index contributed by atoms with van der Waals surface area (Å²) in [5.74, 6) is 1.00. The number of ether oxygens (including phenoxy) is 1. The van der Waals surface area contributed by atoms with Crippen LogP contribution in [0.2, 0.25) is 0 Å². The van der Waals surface area contributed by atoms with Crippen LogP contribution in [-0.2, 0) is 9.53 Å². The van der Waals surface area contributed by atoms with Crippen molar-refractivity contribution < 1.29 is 14.3 Å². The Hall–Kier alpha value is -1.01. The fourth-order valence-corrected chi connectivity index (χ4v) is 3.50. The first-order chi connectivity index (χ1) is 9.63. The molecular weight excluding hydrogens is 342 g/mol. The van der Waals surface area contributed by atoms with Crippen molar-refractivity contribution in [3.63, 3.8) is 0 Å². The summed E-state index contributed by atoms with van der Waals surface area (Å²) < 4.78 is 5.92. The topological polar surface area (TPSA) is 46.6 Å². The lowest BCUT2D eigenvalue weighted by Crippen LogP contribution is -2.51. The first kappa shape index (κ1) is 15.4. The molecule has 2 rings (SSSR count). The van der Waals surface area contributed by atoms with Crippen LogP contribution in [0.3, 0.4) is 0 Å². The summed E-state index contributed by atoms with van der Waals surface area (Å²) in [6.45, 7) is 2.67. The second kappa shape index (κ2) is 7.13. The van der Waals surface area contributed by atoms with Crippen molar-refractivity contribution in [2.75, 3.05) is 24.7 Å². The number of amides is 1.